The van der Waals surface area contributed by atoms with Crippen molar-refractivity contribution in [3.05, 3.63) is 34.2 Å². The number of aromatic hydroxyl groups is 1. The molecule has 0 radical (unpaired) electrons. The van der Waals surface area contributed by atoms with E-state index < -0.39 is 5.63 Å². The van der Waals surface area contributed by atoms with Crippen molar-refractivity contribution >= 4 is 11.0 Å². The lowest BCUT2D eigenvalue weighted by atomic mass is 10.1. The van der Waals surface area contributed by atoms with Crippen molar-refractivity contribution in [1.82, 2.24) is 0 Å². The molecule has 4 heteroatoms. The molecule has 0 aliphatic carbocycles. The van der Waals surface area contributed by atoms with E-state index in [0.29, 0.717) is 17.9 Å². The summed E-state index contributed by atoms with van der Waals surface area (Å²) < 4.78 is 10.9. The maximum absolute atomic E-state index is 11.4. The summed E-state index contributed by atoms with van der Waals surface area (Å²) in [7, 11) is 0. The van der Waals surface area contributed by atoms with Gasteiger partial charge >= 0.3 is 5.63 Å². The normalized spacial score (nSPS) is 11.2. The van der Waals surface area contributed by atoms with E-state index in [1.807, 2.05) is 6.92 Å². The first-order chi connectivity index (χ1) is 12.6. The van der Waals surface area contributed by atoms with Crippen LogP contribution in [0.15, 0.2) is 27.4 Å². The molecule has 0 saturated heterocycles. The first-order valence-corrected chi connectivity index (χ1v) is 10.0. The number of ether oxygens (including phenoxy) is 1. The van der Waals surface area contributed by atoms with E-state index in [9.17, 15) is 9.90 Å². The Labute approximate surface area is 156 Å². The summed E-state index contributed by atoms with van der Waals surface area (Å²) in [6, 6.07) is 4.66. The summed E-state index contributed by atoms with van der Waals surface area (Å²) in [6.07, 6.45) is 12.8. The van der Waals surface area contributed by atoms with Crippen LogP contribution in [0.3, 0.4) is 0 Å². The third-order valence-electron chi connectivity index (χ3n) is 4.79. The molecule has 144 valence electrons. The Balaban J connectivity index is 1.68. The Hall–Kier alpha value is -1.97. The Bertz CT molecular complexity index is 733. The number of phenols is 1. The van der Waals surface area contributed by atoms with Gasteiger partial charge in [0.25, 0.3) is 0 Å². The summed E-state index contributed by atoms with van der Waals surface area (Å²) in [5.41, 5.74) is 0.798. The molecule has 2 aromatic rings. The summed E-state index contributed by atoms with van der Waals surface area (Å²) in [6.45, 7) is 4.69. The second-order valence-corrected chi connectivity index (χ2v) is 7.09. The number of unbranched alkanes of at least 4 members (excludes halogenated alkanes) is 9. The molecule has 0 amide bonds. The zero-order chi connectivity index (χ0) is 18.8. The highest BCUT2D eigenvalue weighted by atomic mass is 16.5. The van der Waals surface area contributed by atoms with Gasteiger partial charge in [0.05, 0.1) is 6.61 Å². The largest absolute Gasteiger partial charge is 0.504 e. The van der Waals surface area contributed by atoms with Gasteiger partial charge in [0.15, 0.2) is 11.5 Å². The fraction of sp³-hybridized carbons (Fsp3) is 0.591. The van der Waals surface area contributed by atoms with Gasteiger partial charge in [0.2, 0.25) is 0 Å². The number of fused-ring (bicyclic) bond motifs is 1. The van der Waals surface area contributed by atoms with E-state index in [2.05, 4.69) is 6.92 Å². The van der Waals surface area contributed by atoms with Crippen molar-refractivity contribution in [3.8, 4) is 11.5 Å². The second kappa shape index (κ2) is 10.9. The van der Waals surface area contributed by atoms with Crippen LogP contribution in [0.5, 0.6) is 11.5 Å². The summed E-state index contributed by atoms with van der Waals surface area (Å²) in [5.74, 6) is 0.462. The predicted molar refractivity (Wildman–Crippen MR) is 106 cm³/mol. The number of aryl methyl sites for hydroxylation is 1. The molecule has 0 atom stereocenters. The van der Waals surface area contributed by atoms with E-state index in [0.717, 1.165) is 23.8 Å². The van der Waals surface area contributed by atoms with Gasteiger partial charge in [-0.3, -0.25) is 0 Å². The van der Waals surface area contributed by atoms with Crippen LogP contribution in [0.4, 0.5) is 0 Å². The van der Waals surface area contributed by atoms with Crippen LogP contribution < -0.4 is 10.4 Å². The Morgan fingerprint density at radius 2 is 1.54 bits per heavy atom. The minimum Gasteiger partial charge on any atom is -0.504 e. The third-order valence-corrected chi connectivity index (χ3v) is 4.79. The van der Waals surface area contributed by atoms with Crippen molar-refractivity contribution in [3.63, 3.8) is 0 Å². The number of phenolic OH excluding ortho intramolecular Hbond substituents is 1. The van der Waals surface area contributed by atoms with Gasteiger partial charge in [-0.05, 0) is 25.0 Å². The van der Waals surface area contributed by atoms with Gasteiger partial charge in [0.1, 0.15) is 5.58 Å². The smallest absolute Gasteiger partial charge is 0.336 e. The van der Waals surface area contributed by atoms with Crippen molar-refractivity contribution < 1.29 is 14.3 Å². The SMILES string of the molecule is CCCCCCCCCCCCOc1cc2c(C)cc(=O)oc2cc1O. The van der Waals surface area contributed by atoms with Crippen LogP contribution in [-0.4, -0.2) is 11.7 Å². The Morgan fingerprint density at radius 3 is 2.19 bits per heavy atom. The minimum atomic E-state index is -0.409. The van der Waals surface area contributed by atoms with Gasteiger partial charge in [0, 0.05) is 17.5 Å². The first-order valence-electron chi connectivity index (χ1n) is 10.0. The molecule has 2 rings (SSSR count). The number of hydrogen-bond acceptors (Lipinski definition) is 4. The average molecular weight is 360 g/mol. The monoisotopic (exact) mass is 360 g/mol. The molecule has 0 saturated carbocycles. The highest BCUT2D eigenvalue weighted by Crippen LogP contribution is 2.32. The van der Waals surface area contributed by atoms with Gasteiger partial charge in [-0.2, -0.15) is 0 Å². The molecule has 1 N–H and O–H groups in total. The third kappa shape index (κ3) is 6.40. The zero-order valence-electron chi connectivity index (χ0n) is 16.2. The first kappa shape index (κ1) is 20.3. The van der Waals surface area contributed by atoms with Gasteiger partial charge < -0.3 is 14.3 Å². The second-order valence-electron chi connectivity index (χ2n) is 7.09. The van der Waals surface area contributed by atoms with Crippen molar-refractivity contribution in [2.45, 2.75) is 78.1 Å². The van der Waals surface area contributed by atoms with Crippen LogP contribution in [0.2, 0.25) is 0 Å². The summed E-state index contributed by atoms with van der Waals surface area (Å²) in [5, 5.41) is 10.9. The molecule has 4 nitrogen and oxygen atoms in total. The summed E-state index contributed by atoms with van der Waals surface area (Å²) in [4.78, 5) is 11.4. The van der Waals surface area contributed by atoms with Crippen LogP contribution in [0, 0.1) is 6.92 Å². The van der Waals surface area contributed by atoms with Gasteiger partial charge in [-0.1, -0.05) is 64.7 Å². The zero-order valence-corrected chi connectivity index (χ0v) is 16.2. The molecule has 1 aromatic carbocycles. The van der Waals surface area contributed by atoms with E-state index >= 15 is 0 Å². The lowest BCUT2D eigenvalue weighted by Crippen LogP contribution is -2.00. The molecule has 0 fully saturated rings. The fourth-order valence-electron chi connectivity index (χ4n) is 3.22. The minimum absolute atomic E-state index is 0.0123. The molecular weight excluding hydrogens is 328 g/mol. The average Bonchev–Trinajstić information content (AvgIpc) is 2.60. The maximum atomic E-state index is 11.4. The molecular formula is C22H32O4. The van der Waals surface area contributed by atoms with Crippen molar-refractivity contribution in [2.24, 2.45) is 0 Å². The molecule has 1 aromatic heterocycles. The van der Waals surface area contributed by atoms with Gasteiger partial charge in [-0.15, -0.1) is 0 Å². The fourth-order valence-corrected chi connectivity index (χ4v) is 3.22. The van der Waals surface area contributed by atoms with Crippen LogP contribution >= 0.6 is 0 Å². The molecule has 26 heavy (non-hydrogen) atoms. The lowest BCUT2D eigenvalue weighted by molar-refractivity contribution is 0.289. The van der Waals surface area contributed by atoms with Gasteiger partial charge in [-0.25, -0.2) is 4.79 Å². The molecule has 1 heterocycles. The van der Waals surface area contributed by atoms with Crippen molar-refractivity contribution in [2.75, 3.05) is 6.61 Å². The highest BCUT2D eigenvalue weighted by Gasteiger charge is 2.09. The maximum Gasteiger partial charge on any atom is 0.336 e. The van der Waals surface area contributed by atoms with E-state index in [1.54, 1.807) is 6.07 Å². The van der Waals surface area contributed by atoms with Crippen molar-refractivity contribution in [1.29, 1.82) is 0 Å². The molecule has 0 spiro atoms. The Kier molecular flexibility index (Phi) is 8.52. The van der Waals surface area contributed by atoms with Crippen LogP contribution in [0.1, 0.15) is 76.7 Å². The Morgan fingerprint density at radius 1 is 0.923 bits per heavy atom. The number of benzene rings is 1. The van der Waals surface area contributed by atoms with E-state index in [1.165, 1.54) is 63.5 Å². The van der Waals surface area contributed by atoms with Crippen LogP contribution in [0.25, 0.3) is 11.0 Å². The topological polar surface area (TPSA) is 59.7 Å². The molecule has 0 aliphatic rings. The predicted octanol–water partition coefficient (Wildman–Crippen LogP) is 6.11. The molecule has 0 unspecified atom stereocenters. The number of rotatable bonds is 12. The lowest BCUT2D eigenvalue weighted by Gasteiger charge is -2.10. The highest BCUT2D eigenvalue weighted by molar-refractivity contribution is 5.83. The van der Waals surface area contributed by atoms with E-state index in [-0.39, 0.29) is 5.75 Å². The van der Waals surface area contributed by atoms with E-state index in [4.69, 9.17) is 9.15 Å². The standard InChI is InChI=1S/C22H32O4/c1-3-4-5-6-7-8-9-10-11-12-13-25-21-15-18-17(2)14-22(24)26-20(18)16-19(21)23/h14-16,23H,3-13H2,1-2H3. The number of hydrogen-bond donors (Lipinski definition) is 1. The molecule has 0 aliphatic heterocycles. The quantitative estimate of drug-likeness (QED) is 0.366. The molecule has 0 bridgehead atoms. The summed E-state index contributed by atoms with van der Waals surface area (Å²) >= 11 is 0. The van der Waals surface area contributed by atoms with Crippen LogP contribution in [-0.2, 0) is 0 Å².